The Balaban J connectivity index is 1.79. The van der Waals surface area contributed by atoms with Crippen molar-refractivity contribution in [2.75, 3.05) is 7.11 Å². The lowest BCUT2D eigenvalue weighted by atomic mass is 10.2. The van der Waals surface area contributed by atoms with Crippen LogP contribution >= 0.6 is 23.8 Å². The second kappa shape index (κ2) is 9.67. The highest BCUT2D eigenvalue weighted by Crippen LogP contribution is 2.29. The van der Waals surface area contributed by atoms with Crippen molar-refractivity contribution in [2.45, 2.75) is 26.4 Å². The molecule has 0 saturated heterocycles. The third-order valence-corrected chi connectivity index (χ3v) is 4.75. The molecule has 0 fully saturated rings. The largest absolute Gasteiger partial charge is 0.493 e. The molecule has 0 aliphatic heterocycles. The van der Waals surface area contributed by atoms with Crippen molar-refractivity contribution in [1.82, 2.24) is 14.9 Å². The monoisotopic (exact) mass is 434 g/mol. The number of methoxy groups -OCH3 is 1. The van der Waals surface area contributed by atoms with Gasteiger partial charge in [-0.25, -0.2) is 4.39 Å². The maximum absolute atomic E-state index is 13.9. The van der Waals surface area contributed by atoms with E-state index in [2.05, 4.69) is 22.2 Å². The summed E-state index contributed by atoms with van der Waals surface area (Å²) in [7, 11) is 1.53. The topological polar surface area (TPSA) is 64.4 Å². The number of hydrogen-bond acceptors (Lipinski definition) is 5. The van der Waals surface area contributed by atoms with Crippen LogP contribution in [0.3, 0.4) is 0 Å². The molecule has 0 bridgehead atoms. The third kappa shape index (κ3) is 5.02. The predicted octanol–water partition coefficient (Wildman–Crippen LogP) is 5.16. The van der Waals surface area contributed by atoms with Crippen molar-refractivity contribution in [3.05, 3.63) is 69.0 Å². The number of nitrogens with zero attached hydrogens (tertiary/aromatic N) is 3. The quantitative estimate of drug-likeness (QED) is 0.393. The highest BCUT2D eigenvalue weighted by atomic mass is 35.5. The van der Waals surface area contributed by atoms with Crippen molar-refractivity contribution >= 4 is 30.0 Å². The van der Waals surface area contributed by atoms with E-state index in [4.69, 9.17) is 33.3 Å². The van der Waals surface area contributed by atoms with E-state index in [0.717, 1.165) is 24.2 Å². The van der Waals surface area contributed by atoms with Gasteiger partial charge in [0.05, 0.1) is 18.3 Å². The van der Waals surface area contributed by atoms with E-state index in [-0.39, 0.29) is 6.61 Å². The molecule has 0 saturated carbocycles. The van der Waals surface area contributed by atoms with Crippen molar-refractivity contribution in [2.24, 2.45) is 5.10 Å². The number of aryl methyl sites for hydroxylation is 1. The lowest BCUT2D eigenvalue weighted by Crippen LogP contribution is -2.02. The molecule has 29 heavy (non-hydrogen) atoms. The standard InChI is InChI=1S/C20H20ClFN4O2S/c1-3-5-19-24-25-20(29)26(19)23-11-13-8-9-17(18(10-13)27-2)28-12-14-15(21)6-4-7-16(14)22/h4,6-11H,3,5,12H2,1-2H3,(H,25,29). The van der Waals surface area contributed by atoms with Crippen LogP contribution in [0.15, 0.2) is 41.5 Å². The van der Waals surface area contributed by atoms with Crippen LogP contribution in [0, 0.1) is 10.6 Å². The Morgan fingerprint density at radius 2 is 2.14 bits per heavy atom. The van der Waals surface area contributed by atoms with Crippen LogP contribution in [0.5, 0.6) is 11.5 Å². The number of ether oxygens (including phenoxy) is 2. The van der Waals surface area contributed by atoms with Gasteiger partial charge in [-0.05, 0) is 54.5 Å². The molecular weight excluding hydrogens is 415 g/mol. The lowest BCUT2D eigenvalue weighted by molar-refractivity contribution is 0.280. The summed E-state index contributed by atoms with van der Waals surface area (Å²) in [5.74, 6) is 1.31. The first kappa shape index (κ1) is 21.0. The molecule has 0 spiro atoms. The molecule has 3 aromatic rings. The number of nitrogens with one attached hydrogen (secondary N) is 1. The van der Waals surface area contributed by atoms with Crippen LogP contribution in [-0.4, -0.2) is 28.2 Å². The second-order valence-corrected chi connectivity index (χ2v) is 6.94. The predicted molar refractivity (Wildman–Crippen MR) is 113 cm³/mol. The minimum atomic E-state index is -0.417. The molecule has 6 nitrogen and oxygen atoms in total. The lowest BCUT2D eigenvalue weighted by Gasteiger charge is -2.12. The summed E-state index contributed by atoms with van der Waals surface area (Å²) in [6.07, 6.45) is 3.35. The van der Waals surface area contributed by atoms with Crippen molar-refractivity contribution in [3.63, 3.8) is 0 Å². The fourth-order valence-electron chi connectivity index (χ4n) is 2.66. The third-order valence-electron chi connectivity index (χ3n) is 4.13. The summed E-state index contributed by atoms with van der Waals surface area (Å²) >= 11 is 11.3. The fraction of sp³-hybridized carbons (Fsp3) is 0.250. The van der Waals surface area contributed by atoms with E-state index in [1.807, 2.05) is 6.07 Å². The number of aromatic amines is 1. The molecule has 9 heteroatoms. The number of rotatable bonds is 8. The Kier molecular flexibility index (Phi) is 7.00. The van der Waals surface area contributed by atoms with Gasteiger partial charge in [0, 0.05) is 12.0 Å². The van der Waals surface area contributed by atoms with Gasteiger partial charge in [0.1, 0.15) is 12.4 Å². The second-order valence-electron chi connectivity index (χ2n) is 6.15. The molecule has 3 rings (SSSR count). The molecule has 0 aliphatic rings. The molecule has 0 amide bonds. The zero-order valence-electron chi connectivity index (χ0n) is 16.0. The molecule has 1 heterocycles. The highest BCUT2D eigenvalue weighted by molar-refractivity contribution is 7.71. The van der Waals surface area contributed by atoms with E-state index < -0.39 is 5.82 Å². The molecule has 0 atom stereocenters. The average Bonchev–Trinajstić information content (AvgIpc) is 3.06. The molecule has 0 aliphatic carbocycles. The van der Waals surface area contributed by atoms with Crippen molar-refractivity contribution < 1.29 is 13.9 Å². The smallest absolute Gasteiger partial charge is 0.216 e. The zero-order chi connectivity index (χ0) is 20.8. The molecule has 1 N–H and O–H groups in total. The van der Waals surface area contributed by atoms with Gasteiger partial charge >= 0.3 is 0 Å². The summed E-state index contributed by atoms with van der Waals surface area (Å²) in [6, 6.07) is 9.83. The number of halogens is 2. The summed E-state index contributed by atoms with van der Waals surface area (Å²) in [4.78, 5) is 0. The fourth-order valence-corrected chi connectivity index (χ4v) is 3.07. The van der Waals surface area contributed by atoms with E-state index in [1.165, 1.54) is 13.2 Å². The molecule has 0 radical (unpaired) electrons. The van der Waals surface area contributed by atoms with Crippen LogP contribution in [0.25, 0.3) is 0 Å². The summed E-state index contributed by atoms with van der Waals surface area (Å²) in [5, 5.41) is 11.6. The number of aromatic nitrogens is 3. The van der Waals surface area contributed by atoms with Gasteiger partial charge in [-0.1, -0.05) is 24.6 Å². The van der Waals surface area contributed by atoms with Gasteiger partial charge in [0.25, 0.3) is 0 Å². The van der Waals surface area contributed by atoms with Crippen LogP contribution in [0.2, 0.25) is 5.02 Å². The van der Waals surface area contributed by atoms with Gasteiger partial charge in [-0.3, -0.25) is 5.10 Å². The van der Waals surface area contributed by atoms with Crippen molar-refractivity contribution in [1.29, 1.82) is 0 Å². The van der Waals surface area contributed by atoms with E-state index in [1.54, 1.807) is 35.2 Å². The Morgan fingerprint density at radius 3 is 2.86 bits per heavy atom. The van der Waals surface area contributed by atoms with Gasteiger partial charge in [-0.2, -0.15) is 14.9 Å². The van der Waals surface area contributed by atoms with Crippen LogP contribution in [-0.2, 0) is 13.0 Å². The minimum Gasteiger partial charge on any atom is -0.493 e. The van der Waals surface area contributed by atoms with E-state index in [9.17, 15) is 4.39 Å². The first-order valence-electron chi connectivity index (χ1n) is 8.97. The van der Waals surface area contributed by atoms with Crippen LogP contribution in [0.1, 0.15) is 30.3 Å². The normalized spacial score (nSPS) is 11.2. The van der Waals surface area contributed by atoms with Crippen molar-refractivity contribution in [3.8, 4) is 11.5 Å². The van der Waals surface area contributed by atoms with Gasteiger partial charge in [0.15, 0.2) is 17.3 Å². The first-order chi connectivity index (χ1) is 14.0. The van der Waals surface area contributed by atoms with Crippen LogP contribution in [0.4, 0.5) is 4.39 Å². The summed E-state index contributed by atoms with van der Waals surface area (Å²) < 4.78 is 27.1. The number of H-pyrrole nitrogens is 1. The van der Waals surface area contributed by atoms with Gasteiger partial charge < -0.3 is 9.47 Å². The Bertz CT molecular complexity index is 1060. The molecular formula is C20H20ClFN4O2S. The van der Waals surface area contributed by atoms with Crippen LogP contribution < -0.4 is 9.47 Å². The SMILES string of the molecule is CCCc1n[nH]c(=S)n1N=Cc1ccc(OCc2c(F)cccc2Cl)c(OC)c1. The maximum Gasteiger partial charge on any atom is 0.216 e. The molecule has 0 unspecified atom stereocenters. The van der Waals surface area contributed by atoms with Gasteiger partial charge in [-0.15, -0.1) is 0 Å². The van der Waals surface area contributed by atoms with Gasteiger partial charge in [0.2, 0.25) is 4.77 Å². The van der Waals surface area contributed by atoms with E-state index in [0.29, 0.717) is 26.9 Å². The summed E-state index contributed by atoms with van der Waals surface area (Å²) in [6.45, 7) is 2.05. The highest BCUT2D eigenvalue weighted by Gasteiger charge is 2.11. The maximum atomic E-state index is 13.9. The Morgan fingerprint density at radius 1 is 1.31 bits per heavy atom. The Hall–Kier alpha value is -2.71. The molecule has 1 aromatic heterocycles. The minimum absolute atomic E-state index is 0.0140. The molecule has 152 valence electrons. The van der Waals surface area contributed by atoms with E-state index >= 15 is 0 Å². The Labute approximate surface area is 177 Å². The zero-order valence-corrected chi connectivity index (χ0v) is 17.6. The number of benzene rings is 2. The summed E-state index contributed by atoms with van der Waals surface area (Å²) in [5.41, 5.74) is 1.07. The molecule has 2 aromatic carbocycles. The average molecular weight is 435 g/mol. The first-order valence-corrected chi connectivity index (χ1v) is 9.76. The number of hydrogen-bond donors (Lipinski definition) is 1.